The predicted octanol–water partition coefficient (Wildman–Crippen LogP) is 6.56. The lowest BCUT2D eigenvalue weighted by molar-refractivity contribution is -0.130. The fourth-order valence-electron chi connectivity index (χ4n) is 8.07. The van der Waals surface area contributed by atoms with Gasteiger partial charge >= 0.3 is 0 Å². The molecular formula is C38H54N2O6. The molecule has 0 radical (unpaired) electrons. The molecule has 2 fully saturated rings. The SMILES string of the molecule is CCOc1cc2c(cc1OC)C1CC(=O)C(CC(C)C)CN1CC2.COc1cc2c(cc1O)CCN1CC(CC(C)C)C(=O)CC21. The van der Waals surface area contributed by atoms with Crippen molar-refractivity contribution in [1.82, 2.24) is 9.80 Å². The molecule has 8 heteroatoms. The van der Waals surface area contributed by atoms with Crippen LogP contribution in [0.3, 0.4) is 0 Å². The van der Waals surface area contributed by atoms with E-state index in [4.69, 9.17) is 14.2 Å². The molecule has 4 aliphatic rings. The third kappa shape index (κ3) is 7.38. The van der Waals surface area contributed by atoms with Crippen molar-refractivity contribution in [2.45, 2.75) is 85.2 Å². The summed E-state index contributed by atoms with van der Waals surface area (Å²) in [6.45, 7) is 15.1. The number of phenolic OH excluding ortho intramolecular Hbond substituents is 1. The molecule has 2 saturated heterocycles. The molecule has 2 aromatic carbocycles. The zero-order valence-corrected chi connectivity index (χ0v) is 28.9. The van der Waals surface area contributed by atoms with Crippen LogP contribution in [0.5, 0.6) is 23.0 Å². The average Bonchev–Trinajstić information content (AvgIpc) is 3.01. The van der Waals surface area contributed by atoms with Gasteiger partial charge in [0.15, 0.2) is 23.0 Å². The van der Waals surface area contributed by atoms with Gasteiger partial charge in [0.2, 0.25) is 0 Å². The molecule has 8 nitrogen and oxygen atoms in total. The van der Waals surface area contributed by atoms with Crippen LogP contribution in [0.25, 0.3) is 0 Å². The second-order valence-corrected chi connectivity index (χ2v) is 14.4. The minimum Gasteiger partial charge on any atom is -0.504 e. The van der Waals surface area contributed by atoms with Gasteiger partial charge in [-0.25, -0.2) is 0 Å². The van der Waals surface area contributed by atoms with Crippen LogP contribution in [0, 0.1) is 23.7 Å². The molecule has 4 aliphatic heterocycles. The Morgan fingerprint density at radius 2 is 1.22 bits per heavy atom. The van der Waals surface area contributed by atoms with Crippen LogP contribution in [0.2, 0.25) is 0 Å². The van der Waals surface area contributed by atoms with Crippen molar-refractivity contribution in [3.05, 3.63) is 46.5 Å². The van der Waals surface area contributed by atoms with Crippen molar-refractivity contribution in [3.63, 3.8) is 0 Å². The predicted molar refractivity (Wildman–Crippen MR) is 180 cm³/mol. The number of ketones is 2. The smallest absolute Gasteiger partial charge is 0.161 e. The molecule has 1 N–H and O–H groups in total. The van der Waals surface area contributed by atoms with Gasteiger partial charge in [0, 0.05) is 62.9 Å². The van der Waals surface area contributed by atoms with E-state index in [0.717, 1.165) is 74.5 Å². The lowest BCUT2D eigenvalue weighted by atomic mass is 9.80. The summed E-state index contributed by atoms with van der Waals surface area (Å²) in [7, 11) is 3.24. The van der Waals surface area contributed by atoms with Gasteiger partial charge in [-0.3, -0.25) is 19.4 Å². The molecule has 2 aromatic rings. The monoisotopic (exact) mass is 634 g/mol. The highest BCUT2D eigenvalue weighted by molar-refractivity contribution is 5.83. The number of hydrogen-bond acceptors (Lipinski definition) is 8. The third-order valence-corrected chi connectivity index (χ3v) is 10.2. The molecule has 0 spiro atoms. The molecule has 46 heavy (non-hydrogen) atoms. The van der Waals surface area contributed by atoms with Crippen molar-refractivity contribution < 1.29 is 28.9 Å². The Hall–Kier alpha value is -3.10. The van der Waals surface area contributed by atoms with Gasteiger partial charge in [-0.05, 0) is 91.0 Å². The van der Waals surface area contributed by atoms with Gasteiger partial charge in [-0.2, -0.15) is 0 Å². The van der Waals surface area contributed by atoms with E-state index in [-0.39, 0.29) is 29.7 Å². The molecule has 0 aliphatic carbocycles. The van der Waals surface area contributed by atoms with Crippen LogP contribution in [0.4, 0.5) is 0 Å². The number of fused-ring (bicyclic) bond motifs is 6. The lowest BCUT2D eigenvalue weighted by Crippen LogP contribution is -2.46. The van der Waals surface area contributed by atoms with Crippen LogP contribution >= 0.6 is 0 Å². The summed E-state index contributed by atoms with van der Waals surface area (Å²) in [4.78, 5) is 30.1. The van der Waals surface area contributed by atoms with Gasteiger partial charge in [0.25, 0.3) is 0 Å². The minimum absolute atomic E-state index is 0.147. The Kier molecular flexibility index (Phi) is 11.0. The first-order chi connectivity index (χ1) is 22.0. The fourth-order valence-corrected chi connectivity index (χ4v) is 8.07. The number of rotatable bonds is 8. The minimum atomic E-state index is 0.147. The highest BCUT2D eigenvalue weighted by Gasteiger charge is 2.40. The summed E-state index contributed by atoms with van der Waals surface area (Å²) in [6.07, 6.45) is 5.12. The van der Waals surface area contributed by atoms with Gasteiger partial charge in [-0.1, -0.05) is 27.7 Å². The second-order valence-electron chi connectivity index (χ2n) is 14.4. The van der Waals surface area contributed by atoms with Crippen LogP contribution in [0.15, 0.2) is 24.3 Å². The second kappa shape index (κ2) is 14.8. The Balaban J connectivity index is 0.000000182. The average molecular weight is 635 g/mol. The van der Waals surface area contributed by atoms with Crippen LogP contribution in [-0.4, -0.2) is 73.5 Å². The summed E-state index contributed by atoms with van der Waals surface area (Å²) in [5.41, 5.74) is 4.85. The van der Waals surface area contributed by atoms with Crippen molar-refractivity contribution in [2.75, 3.05) is 47.0 Å². The molecular weight excluding hydrogens is 580 g/mol. The van der Waals surface area contributed by atoms with Gasteiger partial charge in [0.1, 0.15) is 11.6 Å². The van der Waals surface area contributed by atoms with Gasteiger partial charge in [0.05, 0.1) is 20.8 Å². The number of benzene rings is 2. The largest absolute Gasteiger partial charge is 0.504 e. The van der Waals surface area contributed by atoms with Crippen molar-refractivity contribution >= 4 is 11.6 Å². The zero-order valence-electron chi connectivity index (χ0n) is 28.9. The topological polar surface area (TPSA) is 88.5 Å². The van der Waals surface area contributed by atoms with E-state index < -0.39 is 0 Å². The normalized spacial score (nSPS) is 24.4. The summed E-state index contributed by atoms with van der Waals surface area (Å²) >= 11 is 0. The molecule has 0 aromatic heterocycles. The first kappa shape index (κ1) is 34.2. The number of ether oxygens (including phenoxy) is 3. The van der Waals surface area contributed by atoms with E-state index in [0.29, 0.717) is 48.6 Å². The summed E-state index contributed by atoms with van der Waals surface area (Å²) in [5.74, 6) is 4.58. The van der Waals surface area contributed by atoms with E-state index in [1.165, 1.54) is 11.1 Å². The standard InChI is InChI=1S/C20H29NO3.C18H25NO3/c1-5-24-20-9-14-6-7-21-12-15(8-13(2)3)18(22)11-17(21)16(14)10-19(20)23-4;1-11(2)6-13-10-19-5-4-12-7-17(21)18(22-3)8-14(12)15(19)9-16(13)20/h9-10,13,15,17H,5-8,11-12H2,1-4H3;7-8,11,13,15,21H,4-6,9-10H2,1-3H3. The summed E-state index contributed by atoms with van der Waals surface area (Å²) < 4.78 is 16.5. The highest BCUT2D eigenvalue weighted by Crippen LogP contribution is 2.44. The highest BCUT2D eigenvalue weighted by atomic mass is 16.5. The number of phenols is 1. The maximum absolute atomic E-state index is 12.6. The molecule has 4 atom stereocenters. The quantitative estimate of drug-likeness (QED) is 0.349. The Bertz CT molecular complexity index is 1400. The fraction of sp³-hybridized carbons (Fsp3) is 0.632. The number of carbonyl (C=O) groups excluding carboxylic acids is 2. The van der Waals surface area contributed by atoms with E-state index >= 15 is 0 Å². The Labute approximate surface area is 275 Å². The molecule has 0 bridgehead atoms. The molecule has 0 saturated carbocycles. The van der Waals surface area contributed by atoms with E-state index in [1.54, 1.807) is 20.3 Å². The molecule has 0 amide bonds. The Morgan fingerprint density at radius 3 is 1.67 bits per heavy atom. The first-order valence-corrected chi connectivity index (χ1v) is 17.3. The summed E-state index contributed by atoms with van der Waals surface area (Å²) in [5, 5.41) is 9.95. The number of aromatic hydroxyl groups is 1. The van der Waals surface area contributed by atoms with Crippen molar-refractivity contribution in [3.8, 4) is 23.0 Å². The maximum atomic E-state index is 12.6. The van der Waals surface area contributed by atoms with Crippen molar-refractivity contribution in [2.24, 2.45) is 23.7 Å². The number of hydrogen-bond donors (Lipinski definition) is 1. The van der Waals surface area contributed by atoms with E-state index in [1.807, 2.05) is 13.0 Å². The number of piperidine rings is 2. The van der Waals surface area contributed by atoms with Gasteiger partial charge in [-0.15, -0.1) is 0 Å². The van der Waals surface area contributed by atoms with Crippen LogP contribution in [0.1, 0.15) is 94.6 Å². The molecule has 252 valence electrons. The Morgan fingerprint density at radius 1 is 0.739 bits per heavy atom. The van der Waals surface area contributed by atoms with E-state index in [2.05, 4.69) is 49.6 Å². The zero-order chi connectivity index (χ0) is 33.1. The number of methoxy groups -OCH3 is 2. The van der Waals surface area contributed by atoms with Gasteiger partial charge < -0.3 is 19.3 Å². The van der Waals surface area contributed by atoms with E-state index in [9.17, 15) is 14.7 Å². The molecule has 6 rings (SSSR count). The van der Waals surface area contributed by atoms with Crippen molar-refractivity contribution in [1.29, 1.82) is 0 Å². The van der Waals surface area contributed by atoms with Crippen LogP contribution < -0.4 is 14.2 Å². The summed E-state index contributed by atoms with van der Waals surface area (Å²) in [6, 6.07) is 8.27. The third-order valence-electron chi connectivity index (χ3n) is 10.2. The molecule has 4 unspecified atom stereocenters. The number of carbonyl (C=O) groups is 2. The maximum Gasteiger partial charge on any atom is 0.161 e. The number of Topliss-reactive ketones (excluding diaryl/α,β-unsaturated/α-hetero) is 2. The van der Waals surface area contributed by atoms with Crippen LogP contribution in [-0.2, 0) is 22.4 Å². The number of nitrogens with zero attached hydrogens (tertiary/aromatic N) is 2. The first-order valence-electron chi connectivity index (χ1n) is 17.3. The molecule has 4 heterocycles. The lowest BCUT2D eigenvalue weighted by Gasteiger charge is -2.43.